The second-order valence-electron chi connectivity index (χ2n) is 5.42. The van der Waals surface area contributed by atoms with E-state index in [9.17, 15) is 9.59 Å². The maximum absolute atomic E-state index is 12.3. The normalized spacial score (nSPS) is 10.0. The lowest BCUT2D eigenvalue weighted by atomic mass is 10.1. The minimum atomic E-state index is -0.650. The van der Waals surface area contributed by atoms with Gasteiger partial charge in [-0.15, -0.1) is 0 Å². The highest BCUT2D eigenvalue weighted by molar-refractivity contribution is 6.05. The highest BCUT2D eigenvalue weighted by Gasteiger charge is 2.09. The Morgan fingerprint density at radius 2 is 1.42 bits per heavy atom. The SMILES string of the molecule is O=C(NO)c1cccc(NC(=O)c2ccc(Oc3ccccc3)cc2)c1. The van der Waals surface area contributed by atoms with Gasteiger partial charge in [0.1, 0.15) is 11.5 Å². The topological polar surface area (TPSA) is 87.7 Å². The van der Waals surface area contributed by atoms with Crippen LogP contribution in [0.3, 0.4) is 0 Å². The van der Waals surface area contributed by atoms with Gasteiger partial charge in [-0.1, -0.05) is 24.3 Å². The van der Waals surface area contributed by atoms with E-state index in [0.717, 1.165) is 0 Å². The van der Waals surface area contributed by atoms with Gasteiger partial charge in [-0.3, -0.25) is 14.8 Å². The van der Waals surface area contributed by atoms with E-state index < -0.39 is 5.91 Å². The minimum absolute atomic E-state index is 0.233. The van der Waals surface area contributed by atoms with Crippen LogP contribution in [0.5, 0.6) is 11.5 Å². The first kappa shape index (κ1) is 17.2. The number of carbonyl (C=O) groups excluding carboxylic acids is 2. The minimum Gasteiger partial charge on any atom is -0.457 e. The van der Waals surface area contributed by atoms with Gasteiger partial charge in [0.15, 0.2) is 0 Å². The molecule has 6 heteroatoms. The zero-order chi connectivity index (χ0) is 18.4. The van der Waals surface area contributed by atoms with E-state index >= 15 is 0 Å². The summed E-state index contributed by atoms with van der Waals surface area (Å²) >= 11 is 0. The van der Waals surface area contributed by atoms with Gasteiger partial charge >= 0.3 is 0 Å². The molecule has 0 aliphatic carbocycles. The quantitative estimate of drug-likeness (QED) is 0.483. The van der Waals surface area contributed by atoms with Gasteiger partial charge in [-0.2, -0.15) is 0 Å². The molecule has 130 valence electrons. The van der Waals surface area contributed by atoms with E-state index in [1.807, 2.05) is 30.3 Å². The van der Waals surface area contributed by atoms with Crippen LogP contribution in [0.4, 0.5) is 5.69 Å². The van der Waals surface area contributed by atoms with E-state index in [0.29, 0.717) is 22.7 Å². The Kier molecular flexibility index (Phi) is 5.26. The number of hydrogen-bond donors (Lipinski definition) is 3. The zero-order valence-electron chi connectivity index (χ0n) is 13.7. The highest BCUT2D eigenvalue weighted by atomic mass is 16.5. The van der Waals surface area contributed by atoms with Crippen LogP contribution in [0.1, 0.15) is 20.7 Å². The standard InChI is InChI=1S/C20H16N2O4/c23-19(21-16-6-4-5-15(13-16)20(24)22-25)14-9-11-18(12-10-14)26-17-7-2-1-3-8-17/h1-13,25H,(H,21,23)(H,22,24). The van der Waals surface area contributed by atoms with Crippen LogP contribution in [0.15, 0.2) is 78.9 Å². The van der Waals surface area contributed by atoms with Crippen LogP contribution in [0.25, 0.3) is 0 Å². The molecule has 3 aromatic rings. The number of para-hydroxylation sites is 1. The molecule has 0 atom stereocenters. The van der Waals surface area contributed by atoms with Crippen molar-refractivity contribution in [3.63, 3.8) is 0 Å². The first-order chi connectivity index (χ1) is 12.7. The van der Waals surface area contributed by atoms with E-state index in [4.69, 9.17) is 9.94 Å². The molecule has 0 aliphatic rings. The monoisotopic (exact) mass is 348 g/mol. The maximum Gasteiger partial charge on any atom is 0.274 e. The van der Waals surface area contributed by atoms with Crippen LogP contribution in [0, 0.1) is 0 Å². The van der Waals surface area contributed by atoms with Crippen molar-refractivity contribution in [2.24, 2.45) is 0 Å². The van der Waals surface area contributed by atoms with E-state index in [2.05, 4.69) is 5.32 Å². The van der Waals surface area contributed by atoms with E-state index in [-0.39, 0.29) is 11.5 Å². The number of hydrogen-bond acceptors (Lipinski definition) is 4. The Hall–Kier alpha value is -3.64. The molecule has 0 bridgehead atoms. The first-order valence-corrected chi connectivity index (χ1v) is 7.84. The summed E-state index contributed by atoms with van der Waals surface area (Å²) in [6.45, 7) is 0. The molecule has 26 heavy (non-hydrogen) atoms. The molecule has 3 N–H and O–H groups in total. The molecule has 0 fully saturated rings. The van der Waals surface area contributed by atoms with Gasteiger partial charge in [0.05, 0.1) is 0 Å². The predicted octanol–water partition coefficient (Wildman–Crippen LogP) is 3.85. The number of carbonyl (C=O) groups is 2. The third kappa shape index (κ3) is 4.25. The molecule has 0 spiro atoms. The van der Waals surface area contributed by atoms with Crippen molar-refractivity contribution in [1.29, 1.82) is 0 Å². The van der Waals surface area contributed by atoms with Crippen molar-refractivity contribution in [3.8, 4) is 11.5 Å². The molecular weight excluding hydrogens is 332 g/mol. The Bertz CT molecular complexity index is 909. The molecule has 0 saturated heterocycles. The number of anilines is 1. The molecule has 6 nitrogen and oxygen atoms in total. The van der Waals surface area contributed by atoms with Crippen molar-refractivity contribution < 1.29 is 19.5 Å². The molecule has 2 amide bonds. The fraction of sp³-hybridized carbons (Fsp3) is 0. The lowest BCUT2D eigenvalue weighted by Crippen LogP contribution is -2.19. The van der Waals surface area contributed by atoms with Gasteiger partial charge in [0, 0.05) is 16.8 Å². The van der Waals surface area contributed by atoms with Crippen LogP contribution in [0.2, 0.25) is 0 Å². The second kappa shape index (κ2) is 7.96. The average Bonchev–Trinajstić information content (AvgIpc) is 2.69. The van der Waals surface area contributed by atoms with Gasteiger partial charge in [-0.05, 0) is 54.6 Å². The molecule has 0 heterocycles. The Labute approximate surface area is 150 Å². The Morgan fingerprint density at radius 1 is 0.731 bits per heavy atom. The average molecular weight is 348 g/mol. The molecule has 0 saturated carbocycles. The van der Waals surface area contributed by atoms with Gasteiger partial charge in [0.2, 0.25) is 0 Å². The summed E-state index contributed by atoms with van der Waals surface area (Å²) in [5.41, 5.74) is 2.68. The largest absolute Gasteiger partial charge is 0.457 e. The molecular formula is C20H16N2O4. The molecule has 3 aromatic carbocycles. The van der Waals surface area contributed by atoms with Crippen molar-refractivity contribution >= 4 is 17.5 Å². The van der Waals surface area contributed by atoms with Crippen molar-refractivity contribution in [1.82, 2.24) is 5.48 Å². The molecule has 0 radical (unpaired) electrons. The van der Waals surface area contributed by atoms with E-state index in [1.54, 1.807) is 41.9 Å². The van der Waals surface area contributed by atoms with Crippen molar-refractivity contribution in [2.45, 2.75) is 0 Å². The molecule has 0 aliphatic heterocycles. The van der Waals surface area contributed by atoms with Crippen LogP contribution >= 0.6 is 0 Å². The number of ether oxygens (including phenoxy) is 1. The van der Waals surface area contributed by atoms with Gasteiger partial charge in [-0.25, -0.2) is 5.48 Å². The van der Waals surface area contributed by atoms with Crippen molar-refractivity contribution in [2.75, 3.05) is 5.32 Å². The summed E-state index contributed by atoms with van der Waals surface area (Å²) < 4.78 is 5.69. The third-order valence-electron chi connectivity index (χ3n) is 3.58. The molecule has 0 aromatic heterocycles. The van der Waals surface area contributed by atoms with Crippen LogP contribution < -0.4 is 15.5 Å². The Morgan fingerprint density at radius 3 is 2.12 bits per heavy atom. The number of nitrogens with one attached hydrogen (secondary N) is 2. The Balaban J connectivity index is 1.68. The van der Waals surface area contributed by atoms with Gasteiger partial charge < -0.3 is 10.1 Å². The summed E-state index contributed by atoms with van der Waals surface area (Å²) in [5, 5.41) is 11.4. The fourth-order valence-electron chi connectivity index (χ4n) is 2.30. The van der Waals surface area contributed by atoms with Crippen LogP contribution in [-0.2, 0) is 0 Å². The first-order valence-electron chi connectivity index (χ1n) is 7.84. The molecule has 0 unspecified atom stereocenters. The lowest BCUT2D eigenvalue weighted by molar-refractivity contribution is 0.0706. The number of benzene rings is 3. The number of hydroxylamine groups is 1. The van der Waals surface area contributed by atoms with Crippen molar-refractivity contribution in [3.05, 3.63) is 90.0 Å². The summed E-state index contributed by atoms with van der Waals surface area (Å²) in [7, 11) is 0. The summed E-state index contributed by atoms with van der Waals surface area (Å²) in [4.78, 5) is 23.8. The smallest absolute Gasteiger partial charge is 0.274 e. The van der Waals surface area contributed by atoms with E-state index in [1.165, 1.54) is 12.1 Å². The molecule has 3 rings (SSSR count). The van der Waals surface area contributed by atoms with Gasteiger partial charge in [0.25, 0.3) is 11.8 Å². The maximum atomic E-state index is 12.3. The lowest BCUT2D eigenvalue weighted by Gasteiger charge is -2.08. The summed E-state index contributed by atoms with van der Waals surface area (Å²) in [5.74, 6) is 0.361. The number of amides is 2. The second-order valence-corrected chi connectivity index (χ2v) is 5.42. The zero-order valence-corrected chi connectivity index (χ0v) is 13.7. The fourth-order valence-corrected chi connectivity index (χ4v) is 2.30. The van der Waals surface area contributed by atoms with Crippen LogP contribution in [-0.4, -0.2) is 17.0 Å². The summed E-state index contributed by atoms with van der Waals surface area (Å²) in [6, 6.07) is 22.3. The third-order valence-corrected chi connectivity index (χ3v) is 3.58. The number of rotatable bonds is 5. The highest BCUT2D eigenvalue weighted by Crippen LogP contribution is 2.21. The predicted molar refractivity (Wildman–Crippen MR) is 96.6 cm³/mol. The summed E-state index contributed by atoms with van der Waals surface area (Å²) in [6.07, 6.45) is 0.